The van der Waals surface area contributed by atoms with Gasteiger partial charge >= 0.3 is 5.97 Å². The number of hydrogen-bond donors (Lipinski definition) is 13. The van der Waals surface area contributed by atoms with Crippen LogP contribution in [0.4, 0.5) is 0 Å². The monoisotopic (exact) mass is 851 g/mol. The maximum atomic E-state index is 13.8. The van der Waals surface area contributed by atoms with Gasteiger partial charge in [0.05, 0.1) is 32.4 Å². The van der Waals surface area contributed by atoms with Crippen LogP contribution in [0.25, 0.3) is 0 Å². The standard InChI is InChI=1S/C38H61N9O13/c1-18(2)28(45-32(53)23(39)16-48)35(56)41-14-26(51)40-15-27(52)44-29(19(3)4)36(57)42-24(13-22-11-9-8-10-12-22)33(54)47-31(21(7)50)37(58)43-25(17-49)34(55)46-30(20(5)6)38(59)60/h8-12,18-21,23-25,28-31,48-50H,13-17,39H2,1-7H3,(H,40,51)(H,41,56)(H,42,57)(H,43,58)(H,44,52)(H,45,53)(H,46,55)(H,47,54)(H,59,60)/t21-,23+,24+,25+,28+,29+,30+,31+/m1/s1. The number of aliphatic carboxylic acids is 1. The zero-order chi connectivity index (χ0) is 45.9. The summed E-state index contributed by atoms with van der Waals surface area (Å²) >= 11 is 0. The van der Waals surface area contributed by atoms with Crippen molar-refractivity contribution < 1.29 is 63.6 Å². The Labute approximate surface area is 347 Å². The van der Waals surface area contributed by atoms with E-state index < -0.39 is 146 Å². The van der Waals surface area contributed by atoms with Crippen LogP contribution in [0.2, 0.25) is 0 Å². The van der Waals surface area contributed by atoms with Gasteiger partial charge < -0.3 is 68.7 Å². The van der Waals surface area contributed by atoms with Gasteiger partial charge in [-0.2, -0.15) is 0 Å². The second-order valence-electron chi connectivity index (χ2n) is 15.1. The van der Waals surface area contributed by atoms with Gasteiger partial charge in [-0.3, -0.25) is 38.4 Å². The summed E-state index contributed by atoms with van der Waals surface area (Å²) in [5, 5.41) is 57.7. The predicted octanol–water partition coefficient (Wildman–Crippen LogP) is -4.88. The summed E-state index contributed by atoms with van der Waals surface area (Å²) in [6.07, 6.45) is -1.71. The molecule has 0 spiro atoms. The summed E-state index contributed by atoms with van der Waals surface area (Å²) in [6, 6.07) is -1.35. The topological polar surface area (TPSA) is 357 Å². The number of carboxylic acid groups (broad SMARTS) is 1. The molecule has 22 nitrogen and oxygen atoms in total. The quantitative estimate of drug-likeness (QED) is 0.0439. The minimum atomic E-state index is -1.73. The molecule has 0 aliphatic heterocycles. The molecule has 22 heteroatoms. The maximum absolute atomic E-state index is 13.8. The number of benzene rings is 1. The van der Waals surface area contributed by atoms with Gasteiger partial charge in [0.1, 0.15) is 42.3 Å². The smallest absolute Gasteiger partial charge is 0.326 e. The predicted molar refractivity (Wildman–Crippen MR) is 214 cm³/mol. The zero-order valence-corrected chi connectivity index (χ0v) is 34.8. The Balaban J connectivity index is 3.07. The Morgan fingerprint density at radius 2 is 1.00 bits per heavy atom. The number of rotatable bonds is 25. The van der Waals surface area contributed by atoms with E-state index in [-0.39, 0.29) is 6.42 Å². The molecule has 1 rings (SSSR count). The highest BCUT2D eigenvalue weighted by Gasteiger charge is 2.35. The van der Waals surface area contributed by atoms with Crippen molar-refractivity contribution in [1.82, 2.24) is 42.5 Å². The van der Waals surface area contributed by atoms with E-state index in [1.54, 1.807) is 58.0 Å². The van der Waals surface area contributed by atoms with Crippen molar-refractivity contribution in [3.63, 3.8) is 0 Å². The van der Waals surface area contributed by atoms with Gasteiger partial charge in [-0.25, -0.2) is 4.79 Å². The Bertz CT molecular complexity index is 1640. The van der Waals surface area contributed by atoms with E-state index in [1.165, 1.54) is 20.8 Å². The second-order valence-corrected chi connectivity index (χ2v) is 15.1. The summed E-state index contributed by atoms with van der Waals surface area (Å²) in [5.74, 6) is -9.90. The van der Waals surface area contributed by atoms with E-state index in [2.05, 4.69) is 42.5 Å². The van der Waals surface area contributed by atoms with E-state index in [0.717, 1.165) is 0 Å². The number of nitrogens with two attached hydrogens (primary N) is 1. The number of amides is 8. The van der Waals surface area contributed by atoms with Gasteiger partial charge in [-0.1, -0.05) is 71.9 Å². The van der Waals surface area contributed by atoms with Crippen molar-refractivity contribution in [2.24, 2.45) is 23.5 Å². The molecule has 0 heterocycles. The fourth-order valence-electron chi connectivity index (χ4n) is 5.36. The van der Waals surface area contributed by atoms with Crippen molar-refractivity contribution in [2.45, 2.75) is 103 Å². The molecule has 8 atom stereocenters. The molecule has 0 aliphatic rings. The molecule has 336 valence electrons. The average Bonchev–Trinajstić information content (AvgIpc) is 3.18. The van der Waals surface area contributed by atoms with Crippen LogP contribution < -0.4 is 48.3 Å². The van der Waals surface area contributed by atoms with Crippen LogP contribution in [0.3, 0.4) is 0 Å². The van der Waals surface area contributed by atoms with E-state index in [9.17, 15) is 58.5 Å². The molecule has 1 aromatic carbocycles. The molecule has 0 saturated carbocycles. The molecular formula is C38H61N9O13. The second kappa shape index (κ2) is 25.7. The summed E-state index contributed by atoms with van der Waals surface area (Å²) in [6.45, 7) is 7.90. The van der Waals surface area contributed by atoms with Crippen LogP contribution in [-0.4, -0.2) is 148 Å². The Morgan fingerprint density at radius 3 is 1.50 bits per heavy atom. The van der Waals surface area contributed by atoms with E-state index in [0.29, 0.717) is 5.56 Å². The molecule has 0 saturated heterocycles. The van der Waals surface area contributed by atoms with Crippen LogP contribution in [0.5, 0.6) is 0 Å². The highest BCUT2D eigenvalue weighted by Crippen LogP contribution is 2.09. The SMILES string of the molecule is CC(C)[C@H](NC(=O)[C@H](CO)NC(=O)[C@@H](NC(=O)[C@H](Cc1ccccc1)NC(=O)[C@@H](NC(=O)CNC(=O)CNC(=O)[C@@H](NC(=O)[C@@H](N)CO)C(C)C)C(C)C)[C@@H](C)O)C(=O)O. The van der Waals surface area contributed by atoms with Crippen LogP contribution in [0.1, 0.15) is 54.0 Å². The highest BCUT2D eigenvalue weighted by molar-refractivity contribution is 5.97. The summed E-state index contributed by atoms with van der Waals surface area (Å²) in [7, 11) is 0. The maximum Gasteiger partial charge on any atom is 0.326 e. The summed E-state index contributed by atoms with van der Waals surface area (Å²) < 4.78 is 0. The lowest BCUT2D eigenvalue weighted by atomic mass is 10.0. The highest BCUT2D eigenvalue weighted by atomic mass is 16.4. The summed E-state index contributed by atoms with van der Waals surface area (Å²) in [5.41, 5.74) is 6.06. The molecule has 0 unspecified atom stereocenters. The molecular weight excluding hydrogens is 790 g/mol. The van der Waals surface area contributed by atoms with Crippen LogP contribution >= 0.6 is 0 Å². The normalized spacial score (nSPS) is 15.2. The lowest BCUT2D eigenvalue weighted by molar-refractivity contribution is -0.144. The zero-order valence-electron chi connectivity index (χ0n) is 34.8. The van der Waals surface area contributed by atoms with E-state index >= 15 is 0 Å². The average molecular weight is 852 g/mol. The molecule has 0 radical (unpaired) electrons. The third-order valence-corrected chi connectivity index (χ3v) is 8.94. The third-order valence-electron chi connectivity index (χ3n) is 8.94. The number of carboxylic acids is 1. The fourth-order valence-corrected chi connectivity index (χ4v) is 5.36. The van der Waals surface area contributed by atoms with Gasteiger partial charge in [0, 0.05) is 6.42 Å². The first kappa shape index (κ1) is 52.3. The Morgan fingerprint density at radius 1 is 0.533 bits per heavy atom. The van der Waals surface area contributed by atoms with Crippen molar-refractivity contribution in [2.75, 3.05) is 26.3 Å². The molecule has 14 N–H and O–H groups in total. The Kier molecular flexibility index (Phi) is 22.4. The molecule has 0 aromatic heterocycles. The van der Waals surface area contributed by atoms with Gasteiger partial charge in [0.15, 0.2) is 0 Å². The van der Waals surface area contributed by atoms with Crippen molar-refractivity contribution in [3.05, 3.63) is 35.9 Å². The molecule has 0 fully saturated rings. The van der Waals surface area contributed by atoms with Crippen LogP contribution in [-0.2, 0) is 49.6 Å². The van der Waals surface area contributed by atoms with E-state index in [1.807, 2.05) is 0 Å². The van der Waals surface area contributed by atoms with Gasteiger partial charge in [0.2, 0.25) is 47.3 Å². The molecule has 60 heavy (non-hydrogen) atoms. The molecule has 1 aromatic rings. The van der Waals surface area contributed by atoms with Gasteiger partial charge in [-0.15, -0.1) is 0 Å². The fraction of sp³-hybridized carbons (Fsp3) is 0.605. The minimum absolute atomic E-state index is 0.129. The van der Waals surface area contributed by atoms with Crippen LogP contribution in [0.15, 0.2) is 30.3 Å². The number of hydrogen-bond acceptors (Lipinski definition) is 13. The number of carbonyl (C=O) groups is 9. The first-order valence-electron chi connectivity index (χ1n) is 19.3. The first-order chi connectivity index (χ1) is 28.0. The first-order valence-corrected chi connectivity index (χ1v) is 19.3. The number of nitrogens with one attached hydrogen (secondary N) is 8. The van der Waals surface area contributed by atoms with Gasteiger partial charge in [-0.05, 0) is 30.2 Å². The molecule has 0 bridgehead atoms. The number of carbonyl (C=O) groups excluding carboxylic acids is 8. The molecule has 8 amide bonds. The van der Waals surface area contributed by atoms with Crippen molar-refractivity contribution >= 4 is 53.2 Å². The van der Waals surface area contributed by atoms with Crippen LogP contribution in [0, 0.1) is 17.8 Å². The van der Waals surface area contributed by atoms with E-state index in [4.69, 9.17) is 10.8 Å². The lowest BCUT2D eigenvalue weighted by Gasteiger charge is -2.28. The largest absolute Gasteiger partial charge is 0.480 e. The van der Waals surface area contributed by atoms with Crippen molar-refractivity contribution in [3.8, 4) is 0 Å². The van der Waals surface area contributed by atoms with Gasteiger partial charge in [0.25, 0.3) is 0 Å². The lowest BCUT2D eigenvalue weighted by Crippen LogP contribution is -2.62. The number of aliphatic hydroxyl groups excluding tert-OH is 3. The molecule has 0 aliphatic carbocycles. The third kappa shape index (κ3) is 17.6. The minimum Gasteiger partial charge on any atom is -0.480 e. The summed E-state index contributed by atoms with van der Waals surface area (Å²) in [4.78, 5) is 115. The number of aliphatic hydroxyl groups is 3. The van der Waals surface area contributed by atoms with Crippen molar-refractivity contribution in [1.29, 1.82) is 0 Å². The Hall–Kier alpha value is -5.71.